The molecule has 0 heterocycles. The van der Waals surface area contributed by atoms with Gasteiger partial charge in [0, 0.05) is 28.2 Å². The Morgan fingerprint density at radius 3 is 1.49 bits per heavy atom. The molecule has 0 N–H and O–H groups in total. The Bertz CT molecular complexity index is 3340. The predicted molar refractivity (Wildman–Crippen MR) is 290 cm³/mol. The Morgan fingerprint density at radius 2 is 0.857 bits per heavy atom. The molecule has 2 saturated carbocycles. The van der Waals surface area contributed by atoms with Crippen LogP contribution in [0.15, 0.2) is 224 Å². The van der Waals surface area contributed by atoms with E-state index in [2.05, 4.69) is 234 Å². The molecule has 0 saturated heterocycles. The molecule has 0 bridgehead atoms. The molecule has 9 aromatic carbocycles. The van der Waals surface area contributed by atoms with Crippen LogP contribution in [0, 0.1) is 11.8 Å². The van der Waals surface area contributed by atoms with Crippen molar-refractivity contribution < 1.29 is 0 Å². The summed E-state index contributed by atoms with van der Waals surface area (Å²) in [6.45, 7) is 0. The van der Waals surface area contributed by atoms with Gasteiger partial charge in [0.2, 0.25) is 0 Å². The van der Waals surface area contributed by atoms with E-state index in [1.54, 1.807) is 11.1 Å². The minimum absolute atomic E-state index is 0.150. The van der Waals surface area contributed by atoms with E-state index in [1.807, 2.05) is 0 Å². The average molecular weight is 903 g/mol. The molecule has 1 spiro atoms. The Balaban J connectivity index is 1.01. The molecule has 9 aromatic rings. The first-order chi connectivity index (χ1) is 34.7. The maximum Gasteiger partial charge on any atom is 0.0714 e. The highest BCUT2D eigenvalue weighted by atomic mass is 15.2. The summed E-state index contributed by atoms with van der Waals surface area (Å²) in [7, 11) is 0. The normalized spacial score (nSPS) is 20.2. The van der Waals surface area contributed by atoms with Crippen LogP contribution < -0.4 is 9.80 Å². The fourth-order valence-electron chi connectivity index (χ4n) is 15.0. The van der Waals surface area contributed by atoms with E-state index >= 15 is 0 Å². The smallest absolute Gasteiger partial charge is 0.0714 e. The monoisotopic (exact) mass is 902 g/mol. The third-order valence-corrected chi connectivity index (χ3v) is 17.6. The molecule has 5 aliphatic carbocycles. The minimum Gasteiger partial charge on any atom is -0.310 e. The summed E-state index contributed by atoms with van der Waals surface area (Å²) in [6, 6.07) is 85.7. The first-order valence-corrected chi connectivity index (χ1v) is 26.1. The zero-order chi connectivity index (χ0) is 46.2. The molecule has 3 atom stereocenters. The van der Waals surface area contributed by atoms with Crippen LogP contribution in [-0.4, -0.2) is 0 Å². The summed E-state index contributed by atoms with van der Waals surface area (Å²) >= 11 is 0. The Hall–Kier alpha value is -7.42. The number of para-hydroxylation sites is 3. The molecule has 70 heavy (non-hydrogen) atoms. The highest BCUT2D eigenvalue weighted by Crippen LogP contribution is 2.69. The Morgan fingerprint density at radius 1 is 0.357 bits per heavy atom. The second-order valence-electron chi connectivity index (χ2n) is 20.9. The first-order valence-electron chi connectivity index (χ1n) is 26.1. The van der Waals surface area contributed by atoms with Gasteiger partial charge >= 0.3 is 0 Å². The second kappa shape index (κ2) is 16.6. The molecule has 0 aliphatic heterocycles. The average Bonchev–Trinajstić information content (AvgIpc) is 4.15. The number of rotatable bonds is 9. The number of hydrogen-bond donors (Lipinski definition) is 0. The molecule has 2 heteroatoms. The SMILES string of the molecule is c1ccc(N(c2ccc3c(c2)C(c2ccccc2)(c2ccccc2)c2ccccc2-3)c2cccc3c2C24c5c(cccc5N(c5ccccc5)c5ccccc5C5CCCCC5)CC2CCC4C3)cc1. The van der Waals surface area contributed by atoms with Crippen molar-refractivity contribution >= 4 is 34.1 Å². The van der Waals surface area contributed by atoms with Crippen molar-refractivity contribution in [3.05, 3.63) is 275 Å². The van der Waals surface area contributed by atoms with Gasteiger partial charge in [0.05, 0.1) is 16.8 Å². The number of fused-ring (bicyclic) bond motifs is 5. The Kier molecular flexibility index (Phi) is 9.87. The molecule has 2 nitrogen and oxygen atoms in total. The zero-order valence-electron chi connectivity index (χ0n) is 39.9. The molecule has 3 unspecified atom stereocenters. The van der Waals surface area contributed by atoms with Crippen molar-refractivity contribution in [2.45, 2.75) is 74.5 Å². The van der Waals surface area contributed by atoms with Crippen molar-refractivity contribution in [2.24, 2.45) is 11.8 Å². The standard InChI is InChI=1S/C68H58N2/c1-6-22-47(23-7-1)57-34-17-19-37-62(57)70(55-32-14-5-15-33-55)64-39-21-25-49-45-53-41-40-52-44-48-24-20-38-63(65(48)68(52,53)66(49)64)69(54-30-12-4-13-31-54)56-42-43-59-58-35-16-18-36-60(58)67(61(59)46-56,50-26-8-2-9-27-50)51-28-10-3-11-29-51/h2-5,8-21,24-39,42-43,46-47,52-53H,1,6-7,22-23,40-41,44-45H2. The van der Waals surface area contributed by atoms with E-state index in [0.29, 0.717) is 17.8 Å². The van der Waals surface area contributed by atoms with Crippen LogP contribution in [0.25, 0.3) is 11.1 Å². The summed E-state index contributed by atoms with van der Waals surface area (Å²) in [5.41, 5.74) is 22.5. The maximum atomic E-state index is 2.69. The molecule has 0 aromatic heterocycles. The quantitative estimate of drug-likeness (QED) is 0.142. The summed E-state index contributed by atoms with van der Waals surface area (Å²) in [6.07, 6.45) is 11.2. The van der Waals surface area contributed by atoms with Crippen molar-refractivity contribution in [3.8, 4) is 11.1 Å². The van der Waals surface area contributed by atoms with Crippen LogP contribution >= 0.6 is 0 Å². The van der Waals surface area contributed by atoms with Crippen LogP contribution in [0.1, 0.15) is 101 Å². The van der Waals surface area contributed by atoms with Gasteiger partial charge < -0.3 is 9.80 Å². The lowest BCUT2D eigenvalue weighted by Gasteiger charge is -2.41. The van der Waals surface area contributed by atoms with Crippen LogP contribution in [0.5, 0.6) is 0 Å². The molecule has 2 fully saturated rings. The lowest BCUT2D eigenvalue weighted by molar-refractivity contribution is 0.350. The third kappa shape index (κ3) is 6.05. The number of nitrogens with zero attached hydrogens (tertiary/aromatic N) is 2. The van der Waals surface area contributed by atoms with E-state index in [0.717, 1.165) is 12.8 Å². The van der Waals surface area contributed by atoms with Crippen molar-refractivity contribution in [1.29, 1.82) is 0 Å². The van der Waals surface area contributed by atoms with E-state index in [1.165, 1.54) is 129 Å². The third-order valence-electron chi connectivity index (χ3n) is 17.6. The van der Waals surface area contributed by atoms with Crippen molar-refractivity contribution in [3.63, 3.8) is 0 Å². The Labute approximate surface area is 413 Å². The first kappa shape index (κ1) is 41.5. The van der Waals surface area contributed by atoms with Gasteiger partial charge in [0.15, 0.2) is 0 Å². The van der Waals surface area contributed by atoms with Gasteiger partial charge in [-0.1, -0.05) is 189 Å². The minimum atomic E-state index is -0.500. The molecular formula is C68H58N2. The summed E-state index contributed by atoms with van der Waals surface area (Å²) in [4.78, 5) is 5.33. The van der Waals surface area contributed by atoms with Gasteiger partial charge in [0.1, 0.15) is 0 Å². The largest absolute Gasteiger partial charge is 0.310 e. The second-order valence-corrected chi connectivity index (χ2v) is 20.9. The van der Waals surface area contributed by atoms with Crippen LogP contribution in [0.3, 0.4) is 0 Å². The van der Waals surface area contributed by atoms with Gasteiger partial charge in [0.25, 0.3) is 0 Å². The van der Waals surface area contributed by atoms with Crippen LogP contribution in [0.4, 0.5) is 34.1 Å². The molecule has 0 radical (unpaired) electrons. The molecular weight excluding hydrogens is 845 g/mol. The summed E-state index contributed by atoms with van der Waals surface area (Å²) in [5, 5.41) is 0. The fourth-order valence-corrected chi connectivity index (χ4v) is 15.0. The van der Waals surface area contributed by atoms with Crippen LogP contribution in [-0.2, 0) is 23.7 Å². The van der Waals surface area contributed by atoms with E-state index in [-0.39, 0.29) is 5.41 Å². The van der Waals surface area contributed by atoms with Gasteiger partial charge in [-0.3, -0.25) is 0 Å². The number of benzene rings is 9. The van der Waals surface area contributed by atoms with Crippen molar-refractivity contribution in [1.82, 2.24) is 0 Å². The maximum absolute atomic E-state index is 2.69. The van der Waals surface area contributed by atoms with E-state index in [4.69, 9.17) is 0 Å². The zero-order valence-corrected chi connectivity index (χ0v) is 39.9. The summed E-state index contributed by atoms with van der Waals surface area (Å²) < 4.78 is 0. The molecule has 340 valence electrons. The topological polar surface area (TPSA) is 6.48 Å². The highest BCUT2D eigenvalue weighted by molar-refractivity contribution is 5.91. The lowest BCUT2D eigenvalue weighted by atomic mass is 9.67. The van der Waals surface area contributed by atoms with Crippen LogP contribution in [0.2, 0.25) is 0 Å². The fraction of sp³-hybridized carbons (Fsp3) is 0.206. The lowest BCUT2D eigenvalue weighted by Crippen LogP contribution is -2.35. The predicted octanol–water partition coefficient (Wildman–Crippen LogP) is 17.5. The molecule has 5 aliphatic rings. The van der Waals surface area contributed by atoms with E-state index < -0.39 is 5.41 Å². The molecule has 14 rings (SSSR count). The van der Waals surface area contributed by atoms with Gasteiger partial charge in [-0.05, 0) is 172 Å². The number of anilines is 6. The molecule has 0 amide bonds. The highest BCUT2D eigenvalue weighted by Gasteiger charge is 2.62. The summed E-state index contributed by atoms with van der Waals surface area (Å²) in [5.74, 6) is 1.59. The van der Waals surface area contributed by atoms with Gasteiger partial charge in [-0.2, -0.15) is 0 Å². The van der Waals surface area contributed by atoms with Gasteiger partial charge in [-0.15, -0.1) is 0 Å². The number of hydrogen-bond acceptors (Lipinski definition) is 2. The van der Waals surface area contributed by atoms with Gasteiger partial charge in [-0.25, -0.2) is 0 Å². The van der Waals surface area contributed by atoms with E-state index in [9.17, 15) is 0 Å². The van der Waals surface area contributed by atoms with Crippen molar-refractivity contribution in [2.75, 3.05) is 9.80 Å².